The van der Waals surface area contributed by atoms with Crippen LogP contribution in [0.2, 0.25) is 0 Å². The van der Waals surface area contributed by atoms with E-state index in [2.05, 4.69) is 37.9 Å². The molecule has 1 heteroatoms. The van der Waals surface area contributed by atoms with Crippen molar-refractivity contribution in [2.24, 2.45) is 0 Å². The monoisotopic (exact) mass is 211 g/mol. The average molecular weight is 211 g/mol. The minimum atomic E-state index is 1.21. The van der Waals surface area contributed by atoms with E-state index in [4.69, 9.17) is 0 Å². The summed E-state index contributed by atoms with van der Waals surface area (Å²) < 4.78 is 0. The summed E-state index contributed by atoms with van der Waals surface area (Å²) in [6, 6.07) is 0. The molecule has 0 saturated heterocycles. The molecule has 15 heavy (non-hydrogen) atoms. The molecule has 0 fully saturated rings. The second kappa shape index (κ2) is 11.6. The molecular weight excluding hydrogens is 182 g/mol. The molecule has 0 aliphatic carbocycles. The highest BCUT2D eigenvalue weighted by Gasteiger charge is 1.94. The first-order chi connectivity index (χ1) is 7.35. The second-order valence-electron chi connectivity index (χ2n) is 4.27. The number of rotatable bonds is 10. The second-order valence-corrected chi connectivity index (χ2v) is 4.27. The van der Waals surface area contributed by atoms with Gasteiger partial charge in [-0.05, 0) is 31.9 Å². The molecule has 0 atom stereocenters. The summed E-state index contributed by atoms with van der Waals surface area (Å²) >= 11 is 0. The van der Waals surface area contributed by atoms with Crippen LogP contribution in [0.25, 0.3) is 0 Å². The van der Waals surface area contributed by atoms with Crippen molar-refractivity contribution in [1.82, 2.24) is 4.90 Å². The van der Waals surface area contributed by atoms with Crippen LogP contribution in [-0.4, -0.2) is 18.0 Å². The molecule has 0 heterocycles. The molecule has 0 aromatic rings. The van der Waals surface area contributed by atoms with Crippen molar-refractivity contribution in [3.05, 3.63) is 12.3 Å². The Balaban J connectivity index is 3.50. The third-order valence-corrected chi connectivity index (χ3v) is 2.56. The average Bonchev–Trinajstić information content (AvgIpc) is 2.24. The summed E-state index contributed by atoms with van der Waals surface area (Å²) in [5, 5.41) is 0. The van der Waals surface area contributed by atoms with E-state index in [-0.39, 0.29) is 0 Å². The Morgan fingerprint density at radius 3 is 2.00 bits per heavy atom. The highest BCUT2D eigenvalue weighted by molar-refractivity contribution is 4.82. The molecule has 0 N–H and O–H groups in total. The number of nitrogens with zero attached hydrogens (tertiary/aromatic N) is 1. The van der Waals surface area contributed by atoms with Gasteiger partial charge >= 0.3 is 0 Å². The van der Waals surface area contributed by atoms with Gasteiger partial charge in [-0.15, -0.1) is 0 Å². The molecule has 0 spiro atoms. The molecule has 0 bridgehead atoms. The van der Waals surface area contributed by atoms with Gasteiger partial charge in [-0.3, -0.25) is 0 Å². The predicted octanol–water partition coefficient (Wildman–Crippen LogP) is 4.59. The summed E-state index contributed by atoms with van der Waals surface area (Å²) in [6.07, 6.45) is 13.9. The molecule has 0 radical (unpaired) electrons. The zero-order chi connectivity index (χ0) is 11.4. The van der Waals surface area contributed by atoms with Crippen LogP contribution in [0.15, 0.2) is 12.3 Å². The van der Waals surface area contributed by atoms with Crippen molar-refractivity contribution in [2.75, 3.05) is 13.1 Å². The van der Waals surface area contributed by atoms with E-state index in [0.717, 1.165) is 0 Å². The van der Waals surface area contributed by atoms with E-state index in [9.17, 15) is 0 Å². The van der Waals surface area contributed by atoms with E-state index >= 15 is 0 Å². The molecule has 0 aliphatic heterocycles. The van der Waals surface area contributed by atoms with Gasteiger partial charge in [-0.1, -0.05) is 46.1 Å². The lowest BCUT2D eigenvalue weighted by Crippen LogP contribution is -2.18. The van der Waals surface area contributed by atoms with Crippen molar-refractivity contribution in [2.45, 2.75) is 65.7 Å². The van der Waals surface area contributed by atoms with Crippen molar-refractivity contribution in [3.8, 4) is 0 Å². The third kappa shape index (κ3) is 9.84. The number of hydrogen-bond acceptors (Lipinski definition) is 1. The van der Waals surface area contributed by atoms with Gasteiger partial charge in [0, 0.05) is 13.1 Å². The highest BCUT2D eigenvalue weighted by Crippen LogP contribution is 2.04. The topological polar surface area (TPSA) is 3.24 Å². The third-order valence-electron chi connectivity index (χ3n) is 2.56. The van der Waals surface area contributed by atoms with Crippen LogP contribution in [-0.2, 0) is 0 Å². The summed E-state index contributed by atoms with van der Waals surface area (Å²) in [6.45, 7) is 9.17. The molecule has 0 aromatic carbocycles. The highest BCUT2D eigenvalue weighted by atomic mass is 15.1. The largest absolute Gasteiger partial charge is 0.378 e. The minimum absolute atomic E-state index is 1.21. The van der Waals surface area contributed by atoms with Gasteiger partial charge in [-0.2, -0.15) is 0 Å². The number of allylic oxidation sites excluding steroid dienone is 1. The first-order valence-corrected chi connectivity index (χ1v) is 6.75. The lowest BCUT2D eigenvalue weighted by Gasteiger charge is -2.18. The van der Waals surface area contributed by atoms with Crippen LogP contribution in [0.5, 0.6) is 0 Å². The maximum absolute atomic E-state index is 2.44. The van der Waals surface area contributed by atoms with Gasteiger partial charge in [-0.25, -0.2) is 0 Å². The molecule has 0 amide bonds. The minimum Gasteiger partial charge on any atom is -0.378 e. The van der Waals surface area contributed by atoms with Crippen LogP contribution in [0.4, 0.5) is 0 Å². The van der Waals surface area contributed by atoms with Gasteiger partial charge in [0.05, 0.1) is 0 Å². The van der Waals surface area contributed by atoms with Gasteiger partial charge < -0.3 is 4.90 Å². The lowest BCUT2D eigenvalue weighted by atomic mass is 10.1. The molecule has 0 aromatic heterocycles. The van der Waals surface area contributed by atoms with Crippen LogP contribution in [0, 0.1) is 0 Å². The molecule has 0 unspecified atom stereocenters. The predicted molar refractivity (Wildman–Crippen MR) is 70.1 cm³/mol. The van der Waals surface area contributed by atoms with Gasteiger partial charge in [0.15, 0.2) is 0 Å². The van der Waals surface area contributed by atoms with Crippen LogP contribution >= 0.6 is 0 Å². The molecular formula is C14H29N. The summed E-state index contributed by atoms with van der Waals surface area (Å²) in [5.41, 5.74) is 0. The van der Waals surface area contributed by atoms with Crippen molar-refractivity contribution in [1.29, 1.82) is 0 Å². The smallest absolute Gasteiger partial charge is 0.0169 e. The van der Waals surface area contributed by atoms with Gasteiger partial charge in [0.25, 0.3) is 0 Å². The Morgan fingerprint density at radius 1 is 0.800 bits per heavy atom. The molecule has 0 aliphatic rings. The Bertz CT molecular complexity index is 134. The number of unbranched alkanes of at least 4 members (excludes halogenated alkanes) is 4. The van der Waals surface area contributed by atoms with Crippen molar-refractivity contribution >= 4 is 0 Å². The van der Waals surface area contributed by atoms with E-state index in [1.54, 1.807) is 0 Å². The maximum atomic E-state index is 2.44. The van der Waals surface area contributed by atoms with Crippen molar-refractivity contribution < 1.29 is 0 Å². The fourth-order valence-corrected chi connectivity index (χ4v) is 1.75. The van der Waals surface area contributed by atoms with Crippen LogP contribution in [0.3, 0.4) is 0 Å². The van der Waals surface area contributed by atoms with Crippen molar-refractivity contribution in [3.63, 3.8) is 0 Å². The molecule has 0 saturated carbocycles. The fourth-order valence-electron chi connectivity index (χ4n) is 1.75. The SMILES string of the molecule is CCCCCCC=CN(CCC)CCC. The van der Waals surface area contributed by atoms with Crippen LogP contribution in [0.1, 0.15) is 65.7 Å². The van der Waals surface area contributed by atoms with Gasteiger partial charge in [0.1, 0.15) is 0 Å². The Labute approximate surface area is 96.6 Å². The zero-order valence-corrected chi connectivity index (χ0v) is 11.0. The fraction of sp³-hybridized carbons (Fsp3) is 0.857. The Morgan fingerprint density at radius 2 is 1.47 bits per heavy atom. The standard InChI is InChI=1S/C14H29N/c1-4-7-8-9-10-11-14-15(12-5-2)13-6-3/h11,14H,4-10,12-13H2,1-3H3. The Hall–Kier alpha value is -0.460. The maximum Gasteiger partial charge on any atom is 0.0169 e. The van der Waals surface area contributed by atoms with Gasteiger partial charge in [0.2, 0.25) is 0 Å². The quantitative estimate of drug-likeness (QED) is 0.478. The molecule has 0 rings (SSSR count). The zero-order valence-electron chi connectivity index (χ0n) is 11.0. The first-order valence-electron chi connectivity index (χ1n) is 6.75. The van der Waals surface area contributed by atoms with E-state index in [1.807, 2.05) is 0 Å². The van der Waals surface area contributed by atoms with E-state index in [1.165, 1.54) is 58.0 Å². The van der Waals surface area contributed by atoms with Crippen LogP contribution < -0.4 is 0 Å². The number of hydrogen-bond donors (Lipinski definition) is 0. The summed E-state index contributed by atoms with van der Waals surface area (Å²) in [5.74, 6) is 0. The summed E-state index contributed by atoms with van der Waals surface area (Å²) in [7, 11) is 0. The van der Waals surface area contributed by atoms with E-state index in [0.29, 0.717) is 0 Å². The molecule has 90 valence electrons. The normalized spacial score (nSPS) is 11.1. The first kappa shape index (κ1) is 14.5. The molecule has 1 nitrogen and oxygen atoms in total. The van der Waals surface area contributed by atoms with E-state index < -0.39 is 0 Å². The lowest BCUT2D eigenvalue weighted by molar-refractivity contribution is 0.374. The summed E-state index contributed by atoms with van der Waals surface area (Å²) in [4.78, 5) is 2.44. The Kier molecular flexibility index (Phi) is 11.3.